The second-order valence-electron chi connectivity index (χ2n) is 8.19. The van der Waals surface area contributed by atoms with Crippen LogP contribution in [0.5, 0.6) is 5.75 Å². The van der Waals surface area contributed by atoms with Gasteiger partial charge < -0.3 is 14.5 Å². The number of amides is 1. The largest absolute Gasteiger partial charge is 0.497 e. The summed E-state index contributed by atoms with van der Waals surface area (Å²) < 4.78 is 6.42. The molecule has 164 valence electrons. The van der Waals surface area contributed by atoms with Crippen LogP contribution in [0, 0.1) is 0 Å². The second-order valence-corrected chi connectivity index (χ2v) is 9.10. The van der Waals surface area contributed by atoms with Crippen molar-refractivity contribution in [1.29, 1.82) is 0 Å². The normalized spacial score (nSPS) is 20.0. The summed E-state index contributed by atoms with van der Waals surface area (Å²) in [5, 5.41) is 6.50. The lowest BCUT2D eigenvalue weighted by molar-refractivity contribution is -0.133. The summed E-state index contributed by atoms with van der Waals surface area (Å²) in [6, 6.07) is 15.9. The molecule has 2 aliphatic rings. The summed E-state index contributed by atoms with van der Waals surface area (Å²) in [6.45, 7) is 4.89. The van der Waals surface area contributed by atoms with E-state index >= 15 is 0 Å². The zero-order valence-electron chi connectivity index (χ0n) is 18.1. The van der Waals surface area contributed by atoms with Crippen molar-refractivity contribution in [3.8, 4) is 5.75 Å². The fourth-order valence-electron chi connectivity index (χ4n) is 4.13. The minimum Gasteiger partial charge on any atom is -0.497 e. The van der Waals surface area contributed by atoms with Crippen LogP contribution in [0.25, 0.3) is 0 Å². The number of likely N-dealkylation sites (N-methyl/N-ethyl adjacent to an activating group) is 1. The van der Waals surface area contributed by atoms with E-state index in [4.69, 9.17) is 9.84 Å². The Morgan fingerprint density at radius 3 is 2.65 bits per heavy atom. The van der Waals surface area contributed by atoms with Crippen molar-refractivity contribution in [2.24, 2.45) is 5.10 Å². The molecule has 1 atom stereocenters. The molecule has 1 fully saturated rings. The van der Waals surface area contributed by atoms with Crippen LogP contribution in [-0.4, -0.2) is 73.3 Å². The molecule has 1 amide bonds. The van der Waals surface area contributed by atoms with E-state index in [-0.39, 0.29) is 11.9 Å². The molecule has 2 heterocycles. The van der Waals surface area contributed by atoms with E-state index in [0.717, 1.165) is 59.8 Å². The maximum absolute atomic E-state index is 13.3. The highest BCUT2D eigenvalue weighted by Gasteiger charge is 2.33. The molecule has 0 radical (unpaired) electrons. The average molecular weight is 485 g/mol. The molecular formula is C24H29BrN4O2. The predicted molar refractivity (Wildman–Crippen MR) is 126 cm³/mol. The van der Waals surface area contributed by atoms with Crippen LogP contribution in [0.4, 0.5) is 0 Å². The Labute approximate surface area is 192 Å². The quantitative estimate of drug-likeness (QED) is 0.625. The summed E-state index contributed by atoms with van der Waals surface area (Å²) in [6.07, 6.45) is 1.16. The van der Waals surface area contributed by atoms with E-state index in [2.05, 4.69) is 38.8 Å². The SMILES string of the molecule is COc1cccc([C@@H]2CC(c3cccc(Br)c3)=NN2C(=O)CCN2CCN(C)CC2)c1. The number of methoxy groups -OCH3 is 1. The van der Waals surface area contributed by atoms with Crippen molar-refractivity contribution in [3.05, 3.63) is 64.1 Å². The number of rotatable bonds is 6. The number of benzene rings is 2. The number of halogens is 1. The number of carbonyl (C=O) groups excluding carboxylic acids is 1. The molecule has 31 heavy (non-hydrogen) atoms. The lowest BCUT2D eigenvalue weighted by Gasteiger charge is -2.32. The van der Waals surface area contributed by atoms with Gasteiger partial charge in [0.2, 0.25) is 5.91 Å². The van der Waals surface area contributed by atoms with E-state index in [9.17, 15) is 4.79 Å². The third-order valence-corrected chi connectivity index (χ3v) is 6.53. The molecule has 2 aliphatic heterocycles. The van der Waals surface area contributed by atoms with Gasteiger partial charge in [0.1, 0.15) is 5.75 Å². The van der Waals surface area contributed by atoms with Crippen molar-refractivity contribution in [1.82, 2.24) is 14.8 Å². The lowest BCUT2D eigenvalue weighted by atomic mass is 9.98. The number of hydrogen-bond donors (Lipinski definition) is 0. The van der Waals surface area contributed by atoms with Gasteiger partial charge in [-0.3, -0.25) is 4.79 Å². The van der Waals surface area contributed by atoms with E-state index in [1.165, 1.54) is 0 Å². The van der Waals surface area contributed by atoms with Gasteiger partial charge in [0.25, 0.3) is 0 Å². The van der Waals surface area contributed by atoms with E-state index < -0.39 is 0 Å². The van der Waals surface area contributed by atoms with Gasteiger partial charge in [-0.15, -0.1) is 0 Å². The molecule has 6 nitrogen and oxygen atoms in total. The van der Waals surface area contributed by atoms with Crippen molar-refractivity contribution >= 4 is 27.5 Å². The fourth-order valence-corrected chi connectivity index (χ4v) is 4.53. The maximum atomic E-state index is 13.3. The minimum absolute atomic E-state index is 0.0664. The van der Waals surface area contributed by atoms with Gasteiger partial charge in [0.15, 0.2) is 0 Å². The molecule has 4 rings (SSSR count). The average Bonchev–Trinajstić information content (AvgIpc) is 3.24. The van der Waals surface area contributed by atoms with Crippen molar-refractivity contribution in [2.75, 3.05) is 46.9 Å². The highest BCUT2D eigenvalue weighted by atomic mass is 79.9. The first-order valence-electron chi connectivity index (χ1n) is 10.7. The number of hydrazone groups is 1. The van der Waals surface area contributed by atoms with Gasteiger partial charge in [-0.05, 0) is 42.4 Å². The zero-order valence-corrected chi connectivity index (χ0v) is 19.7. The monoisotopic (exact) mass is 484 g/mol. The Morgan fingerprint density at radius 1 is 1.13 bits per heavy atom. The van der Waals surface area contributed by atoms with Crippen molar-refractivity contribution < 1.29 is 9.53 Å². The minimum atomic E-state index is -0.121. The Kier molecular flexibility index (Phi) is 7.05. The Bertz CT molecular complexity index is 956. The van der Waals surface area contributed by atoms with Crippen LogP contribution in [0.1, 0.15) is 30.0 Å². The van der Waals surface area contributed by atoms with Crippen LogP contribution in [0.15, 0.2) is 58.1 Å². The van der Waals surface area contributed by atoms with E-state index in [1.807, 2.05) is 42.5 Å². The molecule has 0 unspecified atom stereocenters. The van der Waals surface area contributed by atoms with Gasteiger partial charge in [0, 0.05) is 50.0 Å². The van der Waals surface area contributed by atoms with Gasteiger partial charge in [0.05, 0.1) is 18.9 Å². The van der Waals surface area contributed by atoms with Crippen LogP contribution in [-0.2, 0) is 4.79 Å². The highest BCUT2D eigenvalue weighted by molar-refractivity contribution is 9.10. The maximum Gasteiger partial charge on any atom is 0.244 e. The second kappa shape index (κ2) is 9.94. The molecule has 2 aromatic carbocycles. The molecule has 0 saturated carbocycles. The fraction of sp³-hybridized carbons (Fsp3) is 0.417. The van der Waals surface area contributed by atoms with Gasteiger partial charge in [-0.1, -0.05) is 40.2 Å². The molecule has 0 aliphatic carbocycles. The Morgan fingerprint density at radius 2 is 1.90 bits per heavy atom. The molecule has 0 aromatic heterocycles. The zero-order chi connectivity index (χ0) is 21.8. The number of ether oxygens (including phenoxy) is 1. The topological polar surface area (TPSA) is 48.4 Å². The van der Waals surface area contributed by atoms with Crippen LogP contribution < -0.4 is 4.74 Å². The van der Waals surface area contributed by atoms with Crippen LogP contribution in [0.3, 0.4) is 0 Å². The number of carbonyl (C=O) groups is 1. The van der Waals surface area contributed by atoms with Gasteiger partial charge in [-0.2, -0.15) is 5.10 Å². The summed E-state index contributed by atoms with van der Waals surface area (Å²) in [5.41, 5.74) is 3.01. The van der Waals surface area contributed by atoms with Crippen LogP contribution in [0.2, 0.25) is 0 Å². The first kappa shape index (κ1) is 22.0. The lowest BCUT2D eigenvalue weighted by Crippen LogP contribution is -2.45. The summed E-state index contributed by atoms with van der Waals surface area (Å²) >= 11 is 3.54. The third-order valence-electron chi connectivity index (χ3n) is 6.04. The molecule has 0 spiro atoms. The Balaban J connectivity index is 1.54. The molecule has 2 aromatic rings. The number of nitrogens with zero attached hydrogens (tertiary/aromatic N) is 4. The summed E-state index contributed by atoms with van der Waals surface area (Å²) in [4.78, 5) is 18.0. The van der Waals surface area contributed by atoms with Gasteiger partial charge >= 0.3 is 0 Å². The van der Waals surface area contributed by atoms with E-state index in [1.54, 1.807) is 12.1 Å². The van der Waals surface area contributed by atoms with Crippen molar-refractivity contribution in [3.63, 3.8) is 0 Å². The summed E-state index contributed by atoms with van der Waals surface area (Å²) in [5.74, 6) is 0.856. The highest BCUT2D eigenvalue weighted by Crippen LogP contribution is 2.35. The smallest absolute Gasteiger partial charge is 0.244 e. The van der Waals surface area contributed by atoms with Gasteiger partial charge in [-0.25, -0.2) is 5.01 Å². The molecule has 7 heteroatoms. The Hall–Kier alpha value is -2.22. The van der Waals surface area contributed by atoms with Crippen LogP contribution >= 0.6 is 15.9 Å². The summed E-state index contributed by atoms with van der Waals surface area (Å²) in [7, 11) is 3.81. The number of hydrogen-bond acceptors (Lipinski definition) is 5. The molecule has 1 saturated heterocycles. The third kappa shape index (κ3) is 5.34. The number of piperazine rings is 1. The molecular weight excluding hydrogens is 456 g/mol. The predicted octanol–water partition coefficient (Wildman–Crippen LogP) is 3.77. The molecule has 0 N–H and O–H groups in total. The molecule has 0 bridgehead atoms. The van der Waals surface area contributed by atoms with E-state index in [0.29, 0.717) is 12.8 Å². The first-order chi connectivity index (χ1) is 15.0. The van der Waals surface area contributed by atoms with Crippen molar-refractivity contribution in [2.45, 2.75) is 18.9 Å². The first-order valence-corrected chi connectivity index (χ1v) is 11.5. The standard InChI is InChI=1S/C24H29BrN4O2/c1-27-11-13-28(14-12-27)10-9-24(30)29-23(19-6-4-8-21(16-19)31-2)17-22(26-29)18-5-3-7-20(25)15-18/h3-8,15-16,23H,9-14,17H2,1-2H3/t23-/m0/s1.